The molecule has 10 heteroatoms. The van der Waals surface area contributed by atoms with Gasteiger partial charge in [0.1, 0.15) is 9.84 Å². The molecule has 0 aliphatic carbocycles. The Kier molecular flexibility index (Phi) is 6.57. The van der Waals surface area contributed by atoms with Crippen molar-refractivity contribution < 1.29 is 16.8 Å². The van der Waals surface area contributed by atoms with Crippen molar-refractivity contribution in [3.63, 3.8) is 0 Å². The Labute approximate surface area is 130 Å². The van der Waals surface area contributed by atoms with Crippen molar-refractivity contribution >= 4 is 36.3 Å². The van der Waals surface area contributed by atoms with E-state index in [1.54, 1.807) is 5.38 Å². The van der Waals surface area contributed by atoms with Crippen molar-refractivity contribution in [2.24, 2.45) is 0 Å². The van der Waals surface area contributed by atoms with E-state index in [0.29, 0.717) is 0 Å². The normalized spacial score (nSPS) is 14.0. The molecule has 1 unspecified atom stereocenters. The number of sulfonamides is 1. The van der Waals surface area contributed by atoms with Crippen LogP contribution in [0, 0.1) is 0 Å². The first-order chi connectivity index (χ1) is 9.63. The van der Waals surface area contributed by atoms with Gasteiger partial charge >= 0.3 is 0 Å². The van der Waals surface area contributed by atoms with Crippen LogP contribution in [0.5, 0.6) is 0 Å². The number of thiazole rings is 1. The Hall–Kier alpha value is -0.710. The molecule has 7 nitrogen and oxygen atoms in total. The Balaban J connectivity index is 2.65. The van der Waals surface area contributed by atoms with Crippen molar-refractivity contribution in [1.82, 2.24) is 10.3 Å². The molecule has 0 aliphatic rings. The topological polar surface area (TPSA) is 105 Å². The van der Waals surface area contributed by atoms with Crippen LogP contribution in [0.4, 0.5) is 5.13 Å². The smallest absolute Gasteiger partial charge is 0.235 e. The molecule has 0 amide bonds. The largest absolute Gasteiger partial charge is 0.309 e. The van der Waals surface area contributed by atoms with Crippen LogP contribution in [0.25, 0.3) is 0 Å². The third-order valence-electron chi connectivity index (χ3n) is 2.63. The van der Waals surface area contributed by atoms with E-state index >= 15 is 0 Å². The zero-order chi connectivity index (χ0) is 16.1. The molecule has 1 heterocycles. The molecule has 1 aromatic rings. The van der Waals surface area contributed by atoms with Gasteiger partial charge in [-0.3, -0.25) is 4.72 Å². The second kappa shape index (κ2) is 7.52. The predicted octanol–water partition coefficient (Wildman–Crippen LogP) is 0.990. The van der Waals surface area contributed by atoms with E-state index in [1.165, 1.54) is 11.3 Å². The maximum Gasteiger partial charge on any atom is 0.235 e. The summed E-state index contributed by atoms with van der Waals surface area (Å²) in [6.45, 7) is 4.86. The quantitative estimate of drug-likeness (QED) is 0.684. The van der Waals surface area contributed by atoms with Crippen molar-refractivity contribution in [3.8, 4) is 0 Å². The summed E-state index contributed by atoms with van der Waals surface area (Å²) in [7, 11) is -7.01. The average molecular weight is 356 g/mol. The van der Waals surface area contributed by atoms with E-state index in [4.69, 9.17) is 0 Å². The van der Waals surface area contributed by atoms with Gasteiger partial charge in [0.15, 0.2) is 5.13 Å². The van der Waals surface area contributed by atoms with Gasteiger partial charge in [0.2, 0.25) is 10.0 Å². The van der Waals surface area contributed by atoms with Crippen LogP contribution in [0.1, 0.15) is 32.0 Å². The second-order valence-electron chi connectivity index (χ2n) is 4.80. The average Bonchev–Trinajstić information content (AvgIpc) is 2.80. The van der Waals surface area contributed by atoms with Gasteiger partial charge in [-0.05, 0) is 19.9 Å². The first kappa shape index (κ1) is 18.3. The van der Waals surface area contributed by atoms with E-state index < -0.39 is 31.4 Å². The van der Waals surface area contributed by atoms with E-state index in [-0.39, 0.29) is 11.2 Å². The number of nitrogens with one attached hydrogen (secondary N) is 2. The monoisotopic (exact) mass is 355 g/mol. The van der Waals surface area contributed by atoms with Gasteiger partial charge in [-0.15, -0.1) is 11.3 Å². The molecule has 1 rings (SSSR count). The number of anilines is 1. The number of aromatic nitrogens is 1. The zero-order valence-corrected chi connectivity index (χ0v) is 14.7. The van der Waals surface area contributed by atoms with Crippen LogP contribution in [0.3, 0.4) is 0 Å². The molecule has 0 aliphatic heterocycles. The van der Waals surface area contributed by atoms with Crippen LogP contribution >= 0.6 is 11.3 Å². The number of hydrogen-bond acceptors (Lipinski definition) is 7. The van der Waals surface area contributed by atoms with Gasteiger partial charge < -0.3 is 5.32 Å². The maximum absolute atomic E-state index is 11.8. The Morgan fingerprint density at radius 3 is 2.52 bits per heavy atom. The van der Waals surface area contributed by atoms with Crippen molar-refractivity contribution in [3.05, 3.63) is 11.1 Å². The van der Waals surface area contributed by atoms with E-state index in [0.717, 1.165) is 24.9 Å². The molecule has 1 aromatic heterocycles. The lowest BCUT2D eigenvalue weighted by molar-refractivity contribution is 0.561. The van der Waals surface area contributed by atoms with Gasteiger partial charge in [0, 0.05) is 17.7 Å². The molecular weight excluding hydrogens is 334 g/mol. The van der Waals surface area contributed by atoms with Crippen molar-refractivity contribution in [1.29, 1.82) is 0 Å². The fraction of sp³-hybridized carbons (Fsp3) is 0.727. The Bertz CT molecular complexity index is 652. The standard InChI is InChI=1S/C11H21N3O4S3/c1-4-5-12-9(2)10-8-19-11(13-10)14-21(17,18)7-6-20(3,15)16/h8-9,12H,4-7H2,1-3H3,(H,13,14). The minimum absolute atomic E-state index is 0.0375. The summed E-state index contributed by atoms with van der Waals surface area (Å²) in [6.07, 6.45) is 2.00. The molecule has 0 saturated carbocycles. The molecule has 0 aromatic carbocycles. The van der Waals surface area contributed by atoms with Crippen LogP contribution in [0.2, 0.25) is 0 Å². The van der Waals surface area contributed by atoms with E-state index in [1.807, 2.05) is 6.92 Å². The van der Waals surface area contributed by atoms with Gasteiger partial charge in [0.25, 0.3) is 0 Å². The number of sulfone groups is 1. The molecule has 0 saturated heterocycles. The maximum atomic E-state index is 11.8. The SMILES string of the molecule is CCCNC(C)c1csc(NS(=O)(=O)CCS(C)(=O)=O)n1. The lowest BCUT2D eigenvalue weighted by atomic mass is 10.2. The van der Waals surface area contributed by atoms with Crippen molar-refractivity contribution in [2.45, 2.75) is 26.3 Å². The third-order valence-corrected chi connectivity index (χ3v) is 5.99. The van der Waals surface area contributed by atoms with Crippen LogP contribution in [-0.4, -0.2) is 46.1 Å². The van der Waals surface area contributed by atoms with Crippen LogP contribution < -0.4 is 10.0 Å². The summed E-state index contributed by atoms with van der Waals surface area (Å²) in [5, 5.41) is 5.29. The summed E-state index contributed by atoms with van der Waals surface area (Å²) in [5.74, 6) is -0.876. The van der Waals surface area contributed by atoms with Gasteiger partial charge in [0.05, 0.1) is 17.2 Å². The minimum Gasteiger partial charge on any atom is -0.309 e. The summed E-state index contributed by atoms with van der Waals surface area (Å²) in [4.78, 5) is 4.21. The third kappa shape index (κ3) is 7.21. The number of nitrogens with zero attached hydrogens (tertiary/aromatic N) is 1. The summed E-state index contributed by atoms with van der Waals surface area (Å²) < 4.78 is 47.9. The van der Waals surface area contributed by atoms with Crippen LogP contribution in [-0.2, 0) is 19.9 Å². The molecule has 2 N–H and O–H groups in total. The zero-order valence-electron chi connectivity index (χ0n) is 12.3. The summed E-state index contributed by atoms with van der Waals surface area (Å²) >= 11 is 1.18. The van der Waals surface area contributed by atoms with Gasteiger partial charge in [-0.25, -0.2) is 21.8 Å². The summed E-state index contributed by atoms with van der Waals surface area (Å²) in [6, 6.07) is 0.0375. The highest BCUT2D eigenvalue weighted by atomic mass is 32.2. The molecule has 0 bridgehead atoms. The molecule has 122 valence electrons. The van der Waals surface area contributed by atoms with Gasteiger partial charge in [-0.1, -0.05) is 6.92 Å². The predicted molar refractivity (Wildman–Crippen MR) is 85.9 cm³/mol. The molecule has 0 radical (unpaired) electrons. The van der Waals surface area contributed by atoms with Gasteiger partial charge in [-0.2, -0.15) is 0 Å². The molecule has 21 heavy (non-hydrogen) atoms. The molecule has 0 spiro atoms. The lowest BCUT2D eigenvalue weighted by Crippen LogP contribution is -2.22. The highest BCUT2D eigenvalue weighted by Crippen LogP contribution is 2.21. The number of rotatable bonds is 9. The van der Waals surface area contributed by atoms with Crippen LogP contribution in [0.15, 0.2) is 5.38 Å². The Morgan fingerprint density at radius 2 is 1.95 bits per heavy atom. The van der Waals surface area contributed by atoms with Crippen molar-refractivity contribution in [2.75, 3.05) is 29.0 Å². The molecule has 1 atom stereocenters. The molecule has 0 fully saturated rings. The summed E-state index contributed by atoms with van der Waals surface area (Å²) in [5.41, 5.74) is 0.759. The Morgan fingerprint density at radius 1 is 1.29 bits per heavy atom. The second-order valence-corrected chi connectivity index (χ2v) is 9.76. The highest BCUT2D eigenvalue weighted by Gasteiger charge is 2.17. The first-order valence-electron chi connectivity index (χ1n) is 6.50. The number of hydrogen-bond donors (Lipinski definition) is 2. The fourth-order valence-corrected chi connectivity index (χ4v) is 5.17. The minimum atomic E-state index is -3.70. The fourth-order valence-electron chi connectivity index (χ4n) is 1.44. The first-order valence-corrected chi connectivity index (χ1v) is 11.1. The van der Waals surface area contributed by atoms with E-state index in [2.05, 4.69) is 21.9 Å². The lowest BCUT2D eigenvalue weighted by Gasteiger charge is -2.09. The molecular formula is C11H21N3O4S3. The van der Waals surface area contributed by atoms with E-state index in [9.17, 15) is 16.8 Å². The highest BCUT2D eigenvalue weighted by molar-refractivity contribution is 7.95.